The number of carboxylic acids is 1. The van der Waals surface area contributed by atoms with Gasteiger partial charge in [0.05, 0.1) is 31.1 Å². The molecule has 29 heteroatoms. The van der Waals surface area contributed by atoms with Gasteiger partial charge >= 0.3 is 12.1 Å². The van der Waals surface area contributed by atoms with Crippen LogP contribution in [-0.4, -0.2) is 212 Å². The molecule has 0 aliphatic carbocycles. The van der Waals surface area contributed by atoms with Crippen molar-refractivity contribution in [2.24, 2.45) is 37.9 Å². The SMILES string of the molecule is CC[C@@H](C)C(=O)N[C@H](C(=O)N1C[C@@H](NC(=O)c2ccccc2)C[C@H]1CN(CCc1ccc(F)cc1)C(=O)c1cn(C)cn1)C(C)(C)C.C[C@@H](C(=O)N[C@H](C(=O)N1C[C@@H](NC(=O)c2ccccc2)C[C@H]1CN(CCc1ccc(F)cc1)C(=O)c1cn(C)cn1)C(C)(C)C)N(C)C(=O)OC(C)(C)C.Cn1cnc(C(=O)O)c1. The van der Waals surface area contributed by atoms with Crippen LogP contribution in [0.4, 0.5) is 13.6 Å². The van der Waals surface area contributed by atoms with Gasteiger partial charge in [-0.15, -0.1) is 0 Å². The highest BCUT2D eigenvalue weighted by Crippen LogP contribution is 2.31. The number of hydrogen-bond donors (Lipinski definition) is 5. The molecule has 0 spiro atoms. The Balaban J connectivity index is 0.000000276. The second-order valence-corrected chi connectivity index (χ2v) is 31.4. The van der Waals surface area contributed by atoms with Crippen molar-refractivity contribution in [3.8, 4) is 0 Å². The molecule has 2 aliphatic heterocycles. The van der Waals surface area contributed by atoms with Gasteiger partial charge in [0.2, 0.25) is 23.6 Å². The number of aromatic nitrogens is 6. The number of aromatic carboxylic acids is 1. The van der Waals surface area contributed by atoms with E-state index in [9.17, 15) is 56.7 Å². The highest BCUT2D eigenvalue weighted by Gasteiger charge is 2.47. The molecule has 0 saturated carbocycles. The maximum Gasteiger partial charge on any atom is 0.410 e. The molecule has 8 atom stereocenters. The number of halogens is 2. The van der Waals surface area contributed by atoms with Gasteiger partial charge < -0.3 is 64.4 Å². The van der Waals surface area contributed by atoms with Crippen molar-refractivity contribution in [3.63, 3.8) is 0 Å². The van der Waals surface area contributed by atoms with E-state index in [1.54, 1.807) is 174 Å². The van der Waals surface area contributed by atoms with E-state index in [1.165, 1.54) is 55.1 Å². The molecule has 110 heavy (non-hydrogen) atoms. The minimum absolute atomic E-state index is 0.0810. The number of likely N-dealkylation sites (N-methyl/N-ethyl adjacent to an activating group) is 1. The first-order valence-corrected chi connectivity index (χ1v) is 36.8. The summed E-state index contributed by atoms with van der Waals surface area (Å²) in [5, 5.41) is 20.4. The molecule has 592 valence electrons. The number of imidazole rings is 3. The summed E-state index contributed by atoms with van der Waals surface area (Å²) < 4.78 is 37.7. The summed E-state index contributed by atoms with van der Waals surface area (Å²) in [7, 11) is 6.72. The summed E-state index contributed by atoms with van der Waals surface area (Å²) in [6.45, 7) is 22.9. The number of carboxylic acid groups (broad SMARTS) is 1. The lowest BCUT2D eigenvalue weighted by atomic mass is 9.85. The topological polar surface area (TPSA) is 318 Å². The maximum absolute atomic E-state index is 14.7. The average molecular weight is 1520 g/mol. The molecule has 3 aromatic heterocycles. The molecule has 5 heterocycles. The van der Waals surface area contributed by atoms with Gasteiger partial charge in [-0.3, -0.25) is 43.3 Å². The predicted octanol–water partition coefficient (Wildman–Crippen LogP) is 8.77. The fourth-order valence-corrected chi connectivity index (χ4v) is 12.5. The third kappa shape index (κ3) is 25.0. The summed E-state index contributed by atoms with van der Waals surface area (Å²) in [6, 6.07) is 25.1. The van der Waals surface area contributed by atoms with Gasteiger partial charge in [0.15, 0.2) is 5.69 Å². The van der Waals surface area contributed by atoms with Gasteiger partial charge in [-0.05, 0) is 130 Å². The van der Waals surface area contributed by atoms with Crippen molar-refractivity contribution >= 4 is 59.3 Å². The van der Waals surface area contributed by atoms with E-state index in [-0.39, 0.29) is 109 Å². The van der Waals surface area contributed by atoms with E-state index in [1.807, 2.05) is 67.5 Å². The summed E-state index contributed by atoms with van der Waals surface area (Å²) in [5.41, 5.74) is 1.07. The smallest absolute Gasteiger partial charge is 0.410 e. The van der Waals surface area contributed by atoms with E-state index in [0.29, 0.717) is 49.8 Å². The van der Waals surface area contributed by atoms with Crippen LogP contribution in [-0.2, 0) is 57.9 Å². The molecule has 2 aliphatic rings. The fraction of sp³-hybridized carbons (Fsp3) is 0.469. The first kappa shape index (κ1) is 86.1. The van der Waals surface area contributed by atoms with Gasteiger partial charge in [0.25, 0.3) is 23.6 Å². The van der Waals surface area contributed by atoms with Crippen molar-refractivity contribution in [1.82, 2.24) is 74.4 Å². The van der Waals surface area contributed by atoms with Crippen molar-refractivity contribution in [3.05, 3.63) is 198 Å². The second kappa shape index (κ2) is 38.3. The Kier molecular flexibility index (Phi) is 30.0. The zero-order valence-corrected chi connectivity index (χ0v) is 65.9. The molecule has 2 saturated heterocycles. The number of ether oxygens (including phenoxy) is 1. The predicted molar refractivity (Wildman–Crippen MR) is 410 cm³/mol. The van der Waals surface area contributed by atoms with Gasteiger partial charge in [-0.2, -0.15) is 0 Å². The monoisotopic (exact) mass is 1520 g/mol. The van der Waals surface area contributed by atoms with E-state index in [0.717, 1.165) is 11.1 Å². The van der Waals surface area contributed by atoms with Crippen molar-refractivity contribution in [2.45, 2.75) is 163 Å². The van der Waals surface area contributed by atoms with Crippen LogP contribution in [0, 0.1) is 28.4 Å². The molecular formula is C81H107F2N15O12. The summed E-state index contributed by atoms with van der Waals surface area (Å²) in [4.78, 5) is 153. The summed E-state index contributed by atoms with van der Waals surface area (Å²) in [6.07, 6.45) is 10.8. The molecule has 2 fully saturated rings. The minimum Gasteiger partial charge on any atom is -0.476 e. The lowest BCUT2D eigenvalue weighted by Gasteiger charge is -2.38. The van der Waals surface area contributed by atoms with Crippen LogP contribution in [0.15, 0.2) is 147 Å². The number of nitrogens with one attached hydrogen (secondary N) is 4. The number of carbonyl (C=O) groups is 10. The largest absolute Gasteiger partial charge is 0.476 e. The van der Waals surface area contributed by atoms with Crippen LogP contribution in [0.5, 0.6) is 0 Å². The Morgan fingerprint density at radius 1 is 0.545 bits per heavy atom. The van der Waals surface area contributed by atoms with Crippen molar-refractivity contribution < 1.29 is 66.6 Å². The summed E-state index contributed by atoms with van der Waals surface area (Å²) >= 11 is 0. The lowest BCUT2D eigenvalue weighted by molar-refractivity contribution is -0.141. The zero-order chi connectivity index (χ0) is 81.1. The molecule has 4 aromatic carbocycles. The standard InChI is InChI=1S/C40H54FN7O6.C36H47FN6O4.C5H6N2O2/c1-26(46(9)38(53)54-40(5,6)7)34(49)44-33(39(2,3)4)37(52)48-22-30(43-35(50)28-13-11-10-12-14-28)21-31(48)23-47(36(51)32-24-45(8)25-42-32)20-19-27-15-17-29(41)18-16-27;1-7-24(2)32(44)40-31(36(3,4)5)35(47)43-20-28(39-33(45)26-11-9-8-10-12-26)19-29(43)21-42(34(46)30-22-41(6)23-38-30)18-17-25-13-15-27(37)16-14-25;1-7-2-4(5(8)9)6-3-7/h10-18,24-26,30-31,33H,19-23H2,1-9H3,(H,43,50)(H,44,49);8-16,22-24,28-29,31H,7,17-21H2,1-6H3,(H,39,45)(H,40,44);2-3H,1H3,(H,8,9)/t26-,30-,31-,33+;24-,28+,29+,31-;/m01./s1. The first-order valence-electron chi connectivity index (χ1n) is 36.8. The van der Waals surface area contributed by atoms with E-state index < -0.39 is 76.6 Å². The average Bonchev–Trinajstić information content (AvgIpc) is 1.60. The second-order valence-electron chi connectivity index (χ2n) is 31.4. The molecule has 27 nitrogen and oxygen atoms in total. The van der Waals surface area contributed by atoms with Crippen LogP contribution >= 0.6 is 0 Å². The lowest BCUT2D eigenvalue weighted by Crippen LogP contribution is -2.60. The molecule has 7 aromatic rings. The van der Waals surface area contributed by atoms with Gasteiger partial charge in [-0.25, -0.2) is 33.3 Å². The molecule has 9 amide bonds. The highest BCUT2D eigenvalue weighted by molar-refractivity contribution is 5.97. The Labute approximate surface area is 642 Å². The molecule has 0 radical (unpaired) electrons. The normalized spacial score (nSPS) is 16.6. The van der Waals surface area contributed by atoms with Gasteiger partial charge in [0.1, 0.15) is 46.7 Å². The quantitative estimate of drug-likeness (QED) is 0.0357. The van der Waals surface area contributed by atoms with Gasteiger partial charge in [0, 0.05) is 115 Å². The van der Waals surface area contributed by atoms with Crippen LogP contribution in [0.25, 0.3) is 0 Å². The number of nitrogens with zero attached hydrogens (tertiary/aromatic N) is 11. The molecule has 0 unspecified atom stereocenters. The third-order valence-electron chi connectivity index (χ3n) is 19.0. The fourth-order valence-electron chi connectivity index (χ4n) is 12.5. The summed E-state index contributed by atoms with van der Waals surface area (Å²) in [5.74, 6) is -4.56. The maximum atomic E-state index is 14.7. The van der Waals surface area contributed by atoms with E-state index in [2.05, 4.69) is 36.2 Å². The van der Waals surface area contributed by atoms with Crippen molar-refractivity contribution in [1.29, 1.82) is 0 Å². The number of amides is 9. The van der Waals surface area contributed by atoms with Crippen LogP contribution in [0.1, 0.15) is 166 Å². The Bertz CT molecular complexity index is 4280. The van der Waals surface area contributed by atoms with Crippen LogP contribution < -0.4 is 21.3 Å². The number of rotatable bonds is 25. The van der Waals surface area contributed by atoms with Crippen LogP contribution in [0.3, 0.4) is 0 Å². The molecule has 9 rings (SSSR count). The number of hydrogen-bond acceptors (Lipinski definition) is 14. The zero-order valence-electron chi connectivity index (χ0n) is 65.9. The van der Waals surface area contributed by atoms with Crippen LogP contribution in [0.2, 0.25) is 0 Å². The number of carbonyl (C=O) groups excluding carboxylic acids is 9. The first-order chi connectivity index (χ1) is 51.7. The number of aryl methyl sites for hydroxylation is 3. The third-order valence-corrected chi connectivity index (χ3v) is 19.0. The Morgan fingerprint density at radius 2 is 0.909 bits per heavy atom. The Hall–Kier alpha value is -11.1. The molecular weight excluding hydrogens is 1410 g/mol. The minimum atomic E-state index is -1.04. The molecule has 0 bridgehead atoms. The number of likely N-dealkylation sites (tertiary alicyclic amines) is 2. The molecule has 5 N–H and O–H groups in total. The van der Waals surface area contributed by atoms with E-state index >= 15 is 0 Å². The highest BCUT2D eigenvalue weighted by atomic mass is 19.1. The number of benzene rings is 4. The van der Waals surface area contributed by atoms with E-state index in [4.69, 9.17) is 9.84 Å². The van der Waals surface area contributed by atoms with Gasteiger partial charge in [-0.1, -0.05) is 116 Å². The Morgan fingerprint density at radius 3 is 1.23 bits per heavy atom. The van der Waals surface area contributed by atoms with Crippen molar-refractivity contribution in [2.75, 3.05) is 46.3 Å².